The number of amides is 1. The van der Waals surface area contributed by atoms with E-state index in [0.717, 1.165) is 5.69 Å². The molecule has 0 spiro atoms. The molecule has 1 amide bonds. The molecule has 0 saturated carbocycles. The zero-order valence-electron chi connectivity index (χ0n) is 9.82. The molecule has 0 fully saturated rings. The Kier molecular flexibility index (Phi) is 4.51. The summed E-state index contributed by atoms with van der Waals surface area (Å²) < 4.78 is 0. The Balaban J connectivity index is 2.57. The molecule has 0 aromatic heterocycles. The van der Waals surface area contributed by atoms with Crippen LogP contribution in [-0.2, 0) is 4.79 Å². The number of primary amides is 1. The molecule has 5 heteroatoms. The lowest BCUT2D eigenvalue weighted by atomic mass is 10.1. The van der Waals surface area contributed by atoms with Crippen LogP contribution in [0.25, 0.3) is 0 Å². The number of carbonyl (C=O) groups is 2. The van der Waals surface area contributed by atoms with Crippen molar-refractivity contribution in [1.82, 2.24) is 0 Å². The molecule has 0 unspecified atom stereocenters. The van der Waals surface area contributed by atoms with Gasteiger partial charge in [-0.3, -0.25) is 9.59 Å². The minimum Gasteiger partial charge on any atom is -0.398 e. The molecule has 0 aliphatic rings. The zero-order chi connectivity index (χ0) is 12.8. The normalized spacial score (nSPS) is 9.94. The first kappa shape index (κ1) is 13.0. The molecular weight excluding hydrogens is 218 g/mol. The molecule has 1 aromatic carbocycles. The Labute approximate surface area is 100 Å². The van der Waals surface area contributed by atoms with E-state index in [9.17, 15) is 9.59 Å². The molecule has 0 aliphatic carbocycles. The van der Waals surface area contributed by atoms with Crippen LogP contribution in [0, 0.1) is 0 Å². The van der Waals surface area contributed by atoms with E-state index in [0.29, 0.717) is 30.6 Å². The second kappa shape index (κ2) is 5.89. The summed E-state index contributed by atoms with van der Waals surface area (Å²) in [7, 11) is 0. The first-order valence-corrected chi connectivity index (χ1v) is 5.43. The topological polar surface area (TPSA) is 98.2 Å². The van der Waals surface area contributed by atoms with Crippen LogP contribution in [0.1, 0.15) is 30.1 Å². The fourth-order valence-corrected chi connectivity index (χ4v) is 1.47. The van der Waals surface area contributed by atoms with Crippen molar-refractivity contribution in [2.45, 2.75) is 19.8 Å². The number of hydrogen-bond donors (Lipinski definition) is 3. The number of Topliss-reactive ketones (excluding diaryl/α,β-unsaturated/α-hetero) is 1. The fraction of sp³-hybridized carbons (Fsp3) is 0.333. The minimum absolute atomic E-state index is 0.0664. The number of ketones is 1. The maximum atomic E-state index is 11.3. The van der Waals surface area contributed by atoms with Gasteiger partial charge in [-0.15, -0.1) is 0 Å². The summed E-state index contributed by atoms with van der Waals surface area (Å²) >= 11 is 0. The molecule has 1 aromatic rings. The maximum Gasteiger partial charge on any atom is 0.217 e. The van der Waals surface area contributed by atoms with Gasteiger partial charge in [0.2, 0.25) is 5.91 Å². The highest BCUT2D eigenvalue weighted by Crippen LogP contribution is 2.18. The number of nitrogens with one attached hydrogen (secondary N) is 1. The third kappa shape index (κ3) is 4.14. The predicted molar refractivity (Wildman–Crippen MR) is 67.8 cm³/mol. The number of nitrogens with two attached hydrogens (primary N) is 2. The molecular formula is C12H17N3O2. The summed E-state index contributed by atoms with van der Waals surface area (Å²) in [6.45, 7) is 2.10. The number of rotatable bonds is 6. The van der Waals surface area contributed by atoms with Crippen LogP contribution in [0.5, 0.6) is 0 Å². The first-order chi connectivity index (χ1) is 8.00. The van der Waals surface area contributed by atoms with E-state index in [1.165, 1.54) is 6.92 Å². The molecule has 92 valence electrons. The van der Waals surface area contributed by atoms with E-state index in [2.05, 4.69) is 5.32 Å². The quantitative estimate of drug-likeness (QED) is 0.391. The summed E-state index contributed by atoms with van der Waals surface area (Å²) in [6, 6.07) is 5.20. The number of hydrogen-bond acceptors (Lipinski definition) is 4. The Bertz CT molecular complexity index is 430. The van der Waals surface area contributed by atoms with Gasteiger partial charge in [-0.1, -0.05) is 0 Å². The lowest BCUT2D eigenvalue weighted by molar-refractivity contribution is -0.118. The Morgan fingerprint density at radius 3 is 2.65 bits per heavy atom. The van der Waals surface area contributed by atoms with Crippen molar-refractivity contribution in [2.75, 3.05) is 17.6 Å². The Hall–Kier alpha value is -2.04. The number of benzene rings is 1. The Morgan fingerprint density at radius 2 is 2.06 bits per heavy atom. The van der Waals surface area contributed by atoms with Gasteiger partial charge < -0.3 is 16.8 Å². The summed E-state index contributed by atoms with van der Waals surface area (Å²) in [5.41, 5.74) is 12.5. The smallest absolute Gasteiger partial charge is 0.217 e. The molecule has 0 bridgehead atoms. The first-order valence-electron chi connectivity index (χ1n) is 5.43. The van der Waals surface area contributed by atoms with E-state index >= 15 is 0 Å². The molecule has 5 N–H and O–H groups in total. The maximum absolute atomic E-state index is 11.3. The monoisotopic (exact) mass is 235 g/mol. The van der Waals surface area contributed by atoms with Gasteiger partial charge in [-0.2, -0.15) is 0 Å². The van der Waals surface area contributed by atoms with E-state index in [1.54, 1.807) is 18.2 Å². The second-order valence-electron chi connectivity index (χ2n) is 3.85. The van der Waals surface area contributed by atoms with E-state index in [4.69, 9.17) is 11.5 Å². The summed E-state index contributed by atoms with van der Waals surface area (Å²) in [6.07, 6.45) is 1.01. The van der Waals surface area contributed by atoms with Crippen LogP contribution in [0.15, 0.2) is 18.2 Å². The average Bonchev–Trinajstić information content (AvgIpc) is 2.25. The lowest BCUT2D eigenvalue weighted by Gasteiger charge is -2.08. The van der Waals surface area contributed by atoms with Gasteiger partial charge in [0, 0.05) is 29.9 Å². The second-order valence-corrected chi connectivity index (χ2v) is 3.85. The van der Waals surface area contributed by atoms with Crippen molar-refractivity contribution >= 4 is 23.1 Å². The van der Waals surface area contributed by atoms with Gasteiger partial charge in [-0.25, -0.2) is 0 Å². The third-order valence-corrected chi connectivity index (χ3v) is 2.36. The fourth-order valence-electron chi connectivity index (χ4n) is 1.47. The largest absolute Gasteiger partial charge is 0.398 e. The Morgan fingerprint density at radius 1 is 1.35 bits per heavy atom. The van der Waals surface area contributed by atoms with E-state index < -0.39 is 0 Å². The molecule has 0 atom stereocenters. The van der Waals surface area contributed by atoms with Crippen molar-refractivity contribution in [2.24, 2.45) is 5.73 Å². The van der Waals surface area contributed by atoms with Gasteiger partial charge in [-0.05, 0) is 31.5 Å². The van der Waals surface area contributed by atoms with Crippen LogP contribution in [-0.4, -0.2) is 18.2 Å². The van der Waals surface area contributed by atoms with Gasteiger partial charge >= 0.3 is 0 Å². The predicted octanol–water partition coefficient (Wildman–Crippen LogP) is 1.15. The van der Waals surface area contributed by atoms with Crippen molar-refractivity contribution in [3.8, 4) is 0 Å². The van der Waals surface area contributed by atoms with Crippen LogP contribution >= 0.6 is 0 Å². The summed E-state index contributed by atoms with van der Waals surface area (Å²) in [5, 5.41) is 3.11. The van der Waals surface area contributed by atoms with Crippen molar-refractivity contribution in [1.29, 1.82) is 0 Å². The molecule has 17 heavy (non-hydrogen) atoms. The van der Waals surface area contributed by atoms with Crippen molar-refractivity contribution in [3.63, 3.8) is 0 Å². The molecule has 5 nitrogen and oxygen atoms in total. The minimum atomic E-state index is -0.312. The van der Waals surface area contributed by atoms with Crippen LogP contribution in [0.2, 0.25) is 0 Å². The molecule has 0 heterocycles. The zero-order valence-corrected chi connectivity index (χ0v) is 9.82. The van der Waals surface area contributed by atoms with Crippen molar-refractivity contribution < 1.29 is 9.59 Å². The van der Waals surface area contributed by atoms with Gasteiger partial charge in [0.15, 0.2) is 5.78 Å². The van der Waals surface area contributed by atoms with E-state index in [1.807, 2.05) is 0 Å². The lowest BCUT2D eigenvalue weighted by Crippen LogP contribution is -2.12. The van der Waals surface area contributed by atoms with E-state index in [-0.39, 0.29) is 11.7 Å². The highest BCUT2D eigenvalue weighted by atomic mass is 16.1. The molecule has 0 saturated heterocycles. The van der Waals surface area contributed by atoms with Crippen LogP contribution in [0.4, 0.5) is 11.4 Å². The van der Waals surface area contributed by atoms with Gasteiger partial charge in [0.25, 0.3) is 0 Å². The number of carbonyl (C=O) groups excluding carboxylic acids is 2. The van der Waals surface area contributed by atoms with Crippen LogP contribution < -0.4 is 16.8 Å². The van der Waals surface area contributed by atoms with Gasteiger partial charge in [0.05, 0.1) is 0 Å². The molecule has 0 radical (unpaired) electrons. The standard InChI is InChI=1S/C12H17N3O2/c1-8(16)10-7-9(4-5-11(10)13)15-6-2-3-12(14)17/h4-5,7,15H,2-3,6,13H2,1H3,(H2,14,17). The van der Waals surface area contributed by atoms with Gasteiger partial charge in [0.1, 0.15) is 0 Å². The third-order valence-electron chi connectivity index (χ3n) is 2.36. The summed E-state index contributed by atoms with van der Waals surface area (Å²) in [4.78, 5) is 21.8. The highest BCUT2D eigenvalue weighted by molar-refractivity contribution is 6.00. The summed E-state index contributed by atoms with van der Waals surface area (Å²) in [5.74, 6) is -0.378. The number of anilines is 2. The molecule has 0 aliphatic heterocycles. The average molecular weight is 235 g/mol. The number of nitrogen functional groups attached to an aromatic ring is 1. The van der Waals surface area contributed by atoms with Crippen molar-refractivity contribution in [3.05, 3.63) is 23.8 Å². The highest BCUT2D eigenvalue weighted by Gasteiger charge is 2.05. The van der Waals surface area contributed by atoms with Crippen LogP contribution in [0.3, 0.4) is 0 Å². The molecule has 1 rings (SSSR count). The SMILES string of the molecule is CC(=O)c1cc(NCCCC(N)=O)ccc1N.